The van der Waals surface area contributed by atoms with Crippen LogP contribution in [0, 0.1) is 5.92 Å². The molecule has 1 unspecified atom stereocenters. The number of allylic oxidation sites excluding steroid dienone is 1. The highest BCUT2D eigenvalue weighted by atomic mass is 35.5. The van der Waals surface area contributed by atoms with Crippen molar-refractivity contribution in [1.29, 1.82) is 0 Å². The van der Waals surface area contributed by atoms with Gasteiger partial charge in [-0.25, -0.2) is 4.79 Å². The average molecular weight is 479 g/mol. The molecule has 4 rings (SSSR count). The lowest BCUT2D eigenvalue weighted by Gasteiger charge is -2.38. The lowest BCUT2D eigenvalue weighted by Crippen LogP contribution is -2.41. The van der Waals surface area contributed by atoms with Crippen molar-refractivity contribution in [3.8, 4) is 0 Å². The van der Waals surface area contributed by atoms with E-state index in [-0.39, 0.29) is 11.7 Å². The molecule has 0 N–H and O–H groups in total. The number of hydrogen-bond donors (Lipinski definition) is 0. The summed E-state index contributed by atoms with van der Waals surface area (Å²) in [6.45, 7) is 7.90. The van der Waals surface area contributed by atoms with E-state index in [0.29, 0.717) is 29.1 Å². The number of carbonyl (C=O) groups excluding carboxylic acids is 2. The number of ether oxygens (including phenoxy) is 1. The van der Waals surface area contributed by atoms with E-state index in [0.717, 1.165) is 35.6 Å². The Morgan fingerprint density at radius 3 is 2.35 bits per heavy atom. The van der Waals surface area contributed by atoms with Crippen molar-refractivity contribution in [2.75, 3.05) is 25.1 Å². The first-order valence-electron chi connectivity index (χ1n) is 11.9. The van der Waals surface area contributed by atoms with Crippen molar-refractivity contribution in [3.05, 3.63) is 76.0 Å². The first-order chi connectivity index (χ1) is 16.4. The summed E-state index contributed by atoms with van der Waals surface area (Å²) in [7, 11) is 1.37. The number of ketones is 1. The molecular weight excluding hydrogens is 448 g/mol. The molecule has 5 nitrogen and oxygen atoms in total. The van der Waals surface area contributed by atoms with Gasteiger partial charge in [0.25, 0.3) is 0 Å². The zero-order valence-corrected chi connectivity index (χ0v) is 20.9. The van der Waals surface area contributed by atoms with Gasteiger partial charge in [0.1, 0.15) is 5.78 Å². The summed E-state index contributed by atoms with van der Waals surface area (Å²) in [5.41, 5.74) is 4.92. The van der Waals surface area contributed by atoms with E-state index in [1.54, 1.807) is 0 Å². The Labute approximate surface area is 206 Å². The van der Waals surface area contributed by atoms with E-state index >= 15 is 0 Å². The van der Waals surface area contributed by atoms with Crippen LogP contribution in [0.4, 0.5) is 5.69 Å². The van der Waals surface area contributed by atoms with Gasteiger partial charge in [0.15, 0.2) is 0 Å². The van der Waals surface area contributed by atoms with Crippen molar-refractivity contribution >= 4 is 34.8 Å². The van der Waals surface area contributed by atoms with E-state index in [2.05, 4.69) is 30.9 Å². The molecule has 1 heterocycles. The van der Waals surface area contributed by atoms with Crippen LogP contribution in [-0.2, 0) is 14.3 Å². The topological polar surface area (TPSA) is 59.0 Å². The van der Waals surface area contributed by atoms with E-state index < -0.39 is 17.8 Å². The molecule has 0 radical (unpaired) electrons. The quantitative estimate of drug-likeness (QED) is 0.482. The number of aliphatic imine (C=N–C) groups is 1. The number of halogens is 1. The maximum atomic E-state index is 13.6. The van der Waals surface area contributed by atoms with Crippen LogP contribution in [0.15, 0.2) is 64.8 Å². The molecule has 0 saturated heterocycles. The SMILES string of the molecule is CCN(CC)c1ccc([C@@H]2C(C(=O)OC)=C(C)N=C3C[C@H](c4ccccc4Cl)CC(=O)C32)cc1. The van der Waals surface area contributed by atoms with E-state index in [9.17, 15) is 9.59 Å². The van der Waals surface area contributed by atoms with Crippen molar-refractivity contribution < 1.29 is 14.3 Å². The van der Waals surface area contributed by atoms with Crippen LogP contribution in [0.1, 0.15) is 56.6 Å². The highest BCUT2D eigenvalue weighted by Gasteiger charge is 2.46. The number of anilines is 1. The van der Waals surface area contributed by atoms with Crippen LogP contribution in [0.2, 0.25) is 5.02 Å². The summed E-state index contributed by atoms with van der Waals surface area (Å²) >= 11 is 6.46. The van der Waals surface area contributed by atoms with E-state index in [1.165, 1.54) is 7.11 Å². The van der Waals surface area contributed by atoms with Gasteiger partial charge in [0.2, 0.25) is 0 Å². The minimum Gasteiger partial charge on any atom is -0.466 e. The Morgan fingerprint density at radius 1 is 1.06 bits per heavy atom. The predicted octanol–water partition coefficient (Wildman–Crippen LogP) is 5.93. The number of hydrogen-bond acceptors (Lipinski definition) is 5. The monoisotopic (exact) mass is 478 g/mol. The number of fused-ring (bicyclic) bond motifs is 1. The molecule has 1 saturated carbocycles. The highest BCUT2D eigenvalue weighted by Crippen LogP contribution is 2.46. The number of esters is 1. The van der Waals surface area contributed by atoms with Gasteiger partial charge in [-0.3, -0.25) is 9.79 Å². The molecule has 1 fully saturated rings. The molecule has 6 heteroatoms. The molecule has 1 aliphatic carbocycles. The minimum atomic E-state index is -0.476. The summed E-state index contributed by atoms with van der Waals surface area (Å²) < 4.78 is 5.13. The van der Waals surface area contributed by atoms with Crippen molar-refractivity contribution in [2.45, 2.75) is 45.4 Å². The zero-order valence-electron chi connectivity index (χ0n) is 20.2. The third kappa shape index (κ3) is 4.41. The minimum absolute atomic E-state index is 0.0191. The molecule has 178 valence electrons. The summed E-state index contributed by atoms with van der Waals surface area (Å²) in [5, 5.41) is 0.668. The smallest absolute Gasteiger partial charge is 0.336 e. The normalized spacial score (nSPS) is 22.2. The number of methoxy groups -OCH3 is 1. The van der Waals surface area contributed by atoms with Gasteiger partial charge < -0.3 is 9.64 Å². The summed E-state index contributed by atoms with van der Waals surface area (Å²) in [6, 6.07) is 15.9. The van der Waals surface area contributed by atoms with Crippen molar-refractivity contribution in [2.24, 2.45) is 10.9 Å². The third-order valence-corrected chi connectivity index (χ3v) is 7.43. The predicted molar refractivity (Wildman–Crippen MR) is 137 cm³/mol. The molecule has 0 bridgehead atoms. The van der Waals surface area contributed by atoms with Gasteiger partial charge >= 0.3 is 5.97 Å². The van der Waals surface area contributed by atoms with Gasteiger partial charge in [-0.05, 0) is 62.4 Å². The average Bonchev–Trinajstić information content (AvgIpc) is 2.84. The number of Topliss-reactive ketones (excluding diaryl/α,β-unsaturated/α-hetero) is 1. The zero-order chi connectivity index (χ0) is 24.4. The van der Waals surface area contributed by atoms with E-state index in [4.69, 9.17) is 21.3 Å². The second kappa shape index (κ2) is 10.1. The Bertz CT molecular complexity index is 1150. The Morgan fingerprint density at radius 2 is 1.74 bits per heavy atom. The molecule has 0 spiro atoms. The number of rotatable bonds is 6. The Hall–Kier alpha value is -2.92. The van der Waals surface area contributed by atoms with Crippen molar-refractivity contribution in [3.63, 3.8) is 0 Å². The highest BCUT2D eigenvalue weighted by molar-refractivity contribution is 6.31. The standard InChI is InChI=1S/C28H31ClN2O3/c1-5-31(6-2)20-13-11-18(12-14-20)26-25(28(33)34-4)17(3)30-23-15-19(16-24(32)27(23)26)21-9-7-8-10-22(21)29/h7-14,19,26-27H,5-6,15-16H2,1-4H3/t19-,26+,27?/m0/s1. The third-order valence-electron chi connectivity index (χ3n) is 7.09. The van der Waals surface area contributed by atoms with Gasteiger partial charge in [0, 0.05) is 47.5 Å². The molecule has 2 aromatic carbocycles. The lowest BCUT2D eigenvalue weighted by atomic mass is 9.66. The first-order valence-corrected chi connectivity index (χ1v) is 12.3. The maximum Gasteiger partial charge on any atom is 0.336 e. The molecule has 34 heavy (non-hydrogen) atoms. The van der Waals surface area contributed by atoms with E-state index in [1.807, 2.05) is 43.3 Å². The molecule has 0 amide bonds. The van der Waals surface area contributed by atoms with Crippen LogP contribution in [0.5, 0.6) is 0 Å². The summed E-state index contributed by atoms with van der Waals surface area (Å²) in [6.07, 6.45) is 1.01. The van der Waals surface area contributed by atoms with Crippen LogP contribution in [0.3, 0.4) is 0 Å². The lowest BCUT2D eigenvalue weighted by molar-refractivity contribution is -0.136. The molecule has 2 aliphatic rings. The van der Waals surface area contributed by atoms with Crippen LogP contribution in [-0.4, -0.2) is 37.7 Å². The second-order valence-electron chi connectivity index (χ2n) is 8.91. The van der Waals surface area contributed by atoms with Gasteiger partial charge in [-0.1, -0.05) is 41.9 Å². The van der Waals surface area contributed by atoms with Crippen LogP contribution in [0.25, 0.3) is 0 Å². The molecule has 1 aliphatic heterocycles. The molecule has 3 atom stereocenters. The van der Waals surface area contributed by atoms with Gasteiger partial charge in [0.05, 0.1) is 18.6 Å². The van der Waals surface area contributed by atoms with Crippen LogP contribution >= 0.6 is 11.6 Å². The fourth-order valence-electron chi connectivity index (χ4n) is 5.42. The fourth-order valence-corrected chi connectivity index (χ4v) is 5.71. The molecule has 0 aromatic heterocycles. The fraction of sp³-hybridized carbons (Fsp3) is 0.393. The van der Waals surface area contributed by atoms with Crippen LogP contribution < -0.4 is 4.90 Å². The first kappa shape index (κ1) is 24.2. The number of benzene rings is 2. The van der Waals surface area contributed by atoms with Gasteiger partial charge in [-0.15, -0.1) is 0 Å². The second-order valence-corrected chi connectivity index (χ2v) is 9.31. The molecule has 2 aromatic rings. The number of carbonyl (C=O) groups is 2. The molecular formula is C28H31ClN2O3. The largest absolute Gasteiger partial charge is 0.466 e. The number of nitrogens with zero attached hydrogens (tertiary/aromatic N) is 2. The Balaban J connectivity index is 1.76. The summed E-state index contributed by atoms with van der Waals surface area (Å²) in [4.78, 5) is 33.5. The Kier molecular flexibility index (Phi) is 7.22. The summed E-state index contributed by atoms with van der Waals surface area (Å²) in [5.74, 6) is -1.25. The maximum absolute atomic E-state index is 13.6. The van der Waals surface area contributed by atoms with Gasteiger partial charge in [-0.2, -0.15) is 0 Å². The van der Waals surface area contributed by atoms with Crippen molar-refractivity contribution in [1.82, 2.24) is 0 Å².